The summed E-state index contributed by atoms with van der Waals surface area (Å²) in [5.74, 6) is 7.82. The van der Waals surface area contributed by atoms with Crippen LogP contribution in [0.25, 0.3) is 0 Å². The predicted molar refractivity (Wildman–Crippen MR) is 66.9 cm³/mol. The second kappa shape index (κ2) is 4.50. The fourth-order valence-electron chi connectivity index (χ4n) is 1.63. The van der Waals surface area contributed by atoms with Gasteiger partial charge in [0.05, 0.1) is 0 Å². The fourth-order valence-corrected chi connectivity index (χ4v) is 1.63. The zero-order chi connectivity index (χ0) is 13.2. The lowest BCUT2D eigenvalue weighted by Gasteiger charge is -2.07. The highest BCUT2D eigenvalue weighted by molar-refractivity contribution is 5.48. The van der Waals surface area contributed by atoms with Crippen LogP contribution in [-0.2, 0) is 0 Å². The van der Waals surface area contributed by atoms with E-state index in [1.54, 1.807) is 18.2 Å². The number of fused-ring (bicyclic) bond motifs is 1. The van der Waals surface area contributed by atoms with Crippen LogP contribution in [0.1, 0.15) is 0 Å². The molecule has 0 fully saturated rings. The lowest BCUT2D eigenvalue weighted by molar-refractivity contribution is 0.174. The van der Waals surface area contributed by atoms with Gasteiger partial charge in [-0.3, -0.25) is 0 Å². The van der Waals surface area contributed by atoms with Gasteiger partial charge in [-0.05, 0) is 12.1 Å². The molecule has 0 radical (unpaired) electrons. The van der Waals surface area contributed by atoms with Gasteiger partial charge in [-0.1, -0.05) is 0 Å². The third-order valence-electron chi connectivity index (χ3n) is 2.43. The Morgan fingerprint density at radius 3 is 2.84 bits per heavy atom. The fraction of sp³-hybridized carbons (Fsp3) is 0.0909. The van der Waals surface area contributed by atoms with Gasteiger partial charge in [-0.15, -0.1) is 0 Å². The average Bonchev–Trinajstić information content (AvgIpc) is 2.85. The molecular weight excluding hydrogens is 250 g/mol. The van der Waals surface area contributed by atoms with Crippen LogP contribution >= 0.6 is 0 Å². The number of benzene rings is 1. The number of ether oxygens (including phenoxy) is 3. The molecule has 1 aliphatic rings. The van der Waals surface area contributed by atoms with E-state index in [4.69, 9.17) is 25.8 Å². The summed E-state index contributed by atoms with van der Waals surface area (Å²) in [5, 5.41) is 0. The van der Waals surface area contributed by atoms with Gasteiger partial charge in [-0.25, -0.2) is 5.84 Å². The Hall–Kier alpha value is -2.74. The maximum atomic E-state index is 5.56. The van der Waals surface area contributed by atoms with E-state index in [1.165, 1.54) is 6.07 Å². The van der Waals surface area contributed by atoms with E-state index >= 15 is 0 Å². The van der Waals surface area contributed by atoms with Crippen molar-refractivity contribution in [2.24, 2.45) is 5.84 Å². The normalized spacial score (nSPS) is 12.3. The minimum Gasteiger partial charge on any atom is -0.454 e. The molecule has 0 bridgehead atoms. The summed E-state index contributed by atoms with van der Waals surface area (Å²) in [5.41, 5.74) is 7.92. The summed E-state index contributed by atoms with van der Waals surface area (Å²) >= 11 is 0. The maximum absolute atomic E-state index is 5.56. The number of nitrogens with zero attached hydrogens (tertiary/aromatic N) is 2. The van der Waals surface area contributed by atoms with E-state index in [1.807, 2.05) is 0 Å². The highest BCUT2D eigenvalue weighted by atomic mass is 16.7. The van der Waals surface area contributed by atoms with Crippen LogP contribution in [0.2, 0.25) is 0 Å². The number of hydrazine groups is 1. The van der Waals surface area contributed by atoms with E-state index in [9.17, 15) is 0 Å². The van der Waals surface area contributed by atoms with Crippen LogP contribution in [0.15, 0.2) is 24.3 Å². The van der Waals surface area contributed by atoms with Crippen molar-refractivity contribution in [2.75, 3.05) is 18.0 Å². The van der Waals surface area contributed by atoms with Crippen LogP contribution in [0, 0.1) is 0 Å². The number of aromatic nitrogens is 2. The van der Waals surface area contributed by atoms with E-state index in [2.05, 4.69) is 15.4 Å². The van der Waals surface area contributed by atoms with Crippen molar-refractivity contribution < 1.29 is 14.2 Å². The smallest absolute Gasteiger partial charge is 0.231 e. The molecule has 0 atom stereocenters. The summed E-state index contributed by atoms with van der Waals surface area (Å²) in [6, 6.07) is 6.72. The van der Waals surface area contributed by atoms with Crippen LogP contribution < -0.4 is 31.2 Å². The van der Waals surface area contributed by atoms with Crippen molar-refractivity contribution in [1.82, 2.24) is 9.97 Å². The Kier molecular flexibility index (Phi) is 2.69. The molecule has 0 saturated carbocycles. The number of nitrogen functional groups attached to an aromatic ring is 2. The van der Waals surface area contributed by atoms with Gasteiger partial charge in [0.25, 0.3) is 0 Å². The Morgan fingerprint density at radius 1 is 1.16 bits per heavy atom. The highest BCUT2D eigenvalue weighted by Crippen LogP contribution is 2.36. The van der Waals surface area contributed by atoms with Gasteiger partial charge in [0.2, 0.25) is 18.6 Å². The van der Waals surface area contributed by atoms with Gasteiger partial charge in [-0.2, -0.15) is 9.97 Å². The zero-order valence-corrected chi connectivity index (χ0v) is 9.79. The minimum atomic E-state index is 0.0613. The maximum Gasteiger partial charge on any atom is 0.231 e. The molecule has 0 amide bonds. The SMILES string of the molecule is NNc1cc(Oc2ccc3c(c2)OCO3)nc(N)n1. The Labute approximate surface area is 108 Å². The Bertz CT molecular complexity index is 619. The summed E-state index contributed by atoms with van der Waals surface area (Å²) in [7, 11) is 0. The highest BCUT2D eigenvalue weighted by Gasteiger charge is 2.14. The molecule has 1 aliphatic heterocycles. The first-order valence-corrected chi connectivity index (χ1v) is 5.43. The molecule has 0 saturated heterocycles. The first-order chi connectivity index (χ1) is 9.24. The molecule has 2 aromatic rings. The van der Waals surface area contributed by atoms with Crippen LogP contribution in [0.4, 0.5) is 11.8 Å². The molecular formula is C11H11N5O3. The topological polar surface area (TPSA) is 118 Å². The molecule has 0 unspecified atom stereocenters. The molecule has 19 heavy (non-hydrogen) atoms. The summed E-state index contributed by atoms with van der Waals surface area (Å²) < 4.78 is 16.0. The van der Waals surface area contributed by atoms with E-state index in [-0.39, 0.29) is 18.6 Å². The number of anilines is 2. The van der Waals surface area contributed by atoms with Crippen LogP contribution in [-0.4, -0.2) is 16.8 Å². The predicted octanol–water partition coefficient (Wildman–Crippen LogP) is 0.865. The average molecular weight is 261 g/mol. The summed E-state index contributed by atoms with van der Waals surface area (Å²) in [6.07, 6.45) is 0. The summed E-state index contributed by atoms with van der Waals surface area (Å²) in [6.45, 7) is 0.209. The molecule has 1 aromatic carbocycles. The molecule has 1 aromatic heterocycles. The van der Waals surface area contributed by atoms with Crippen molar-refractivity contribution in [2.45, 2.75) is 0 Å². The molecule has 3 rings (SSSR count). The van der Waals surface area contributed by atoms with Crippen molar-refractivity contribution in [1.29, 1.82) is 0 Å². The quantitative estimate of drug-likeness (QED) is 0.550. The van der Waals surface area contributed by atoms with E-state index in [0.717, 1.165) is 0 Å². The van der Waals surface area contributed by atoms with Gasteiger partial charge in [0.1, 0.15) is 11.6 Å². The van der Waals surface area contributed by atoms with Gasteiger partial charge >= 0.3 is 0 Å². The Morgan fingerprint density at radius 2 is 2.00 bits per heavy atom. The van der Waals surface area contributed by atoms with Crippen LogP contribution in [0.3, 0.4) is 0 Å². The molecule has 8 heteroatoms. The molecule has 98 valence electrons. The first-order valence-electron chi connectivity index (χ1n) is 5.43. The molecule has 2 heterocycles. The number of rotatable bonds is 3. The van der Waals surface area contributed by atoms with E-state index < -0.39 is 0 Å². The number of nitrogens with one attached hydrogen (secondary N) is 1. The second-order valence-electron chi connectivity index (χ2n) is 3.71. The molecule has 0 aliphatic carbocycles. The number of nitrogens with two attached hydrogens (primary N) is 2. The lowest BCUT2D eigenvalue weighted by atomic mass is 10.3. The number of hydrogen-bond donors (Lipinski definition) is 3. The van der Waals surface area contributed by atoms with Crippen molar-refractivity contribution >= 4 is 11.8 Å². The van der Waals surface area contributed by atoms with Crippen molar-refractivity contribution in [3.8, 4) is 23.1 Å². The Balaban J connectivity index is 1.86. The largest absolute Gasteiger partial charge is 0.454 e. The van der Waals surface area contributed by atoms with Crippen molar-refractivity contribution in [3.05, 3.63) is 24.3 Å². The van der Waals surface area contributed by atoms with Crippen molar-refractivity contribution in [3.63, 3.8) is 0 Å². The molecule has 0 spiro atoms. The standard InChI is InChI=1S/C11H11N5O3/c12-11-14-9(16-13)4-10(15-11)19-6-1-2-7-8(3-6)18-5-17-7/h1-4H,5,13H2,(H3,12,14,15,16). The van der Waals surface area contributed by atoms with Gasteiger partial charge in [0, 0.05) is 12.1 Å². The molecule has 8 nitrogen and oxygen atoms in total. The van der Waals surface area contributed by atoms with Gasteiger partial charge < -0.3 is 25.4 Å². The lowest BCUT2D eigenvalue weighted by Crippen LogP contribution is -2.10. The second-order valence-corrected chi connectivity index (χ2v) is 3.71. The van der Waals surface area contributed by atoms with Crippen LogP contribution in [0.5, 0.6) is 23.1 Å². The third kappa shape index (κ3) is 2.29. The minimum absolute atomic E-state index is 0.0613. The monoisotopic (exact) mass is 261 g/mol. The number of hydrogen-bond acceptors (Lipinski definition) is 8. The third-order valence-corrected chi connectivity index (χ3v) is 2.43. The van der Waals surface area contributed by atoms with Gasteiger partial charge in [0.15, 0.2) is 11.5 Å². The summed E-state index contributed by atoms with van der Waals surface area (Å²) in [4.78, 5) is 7.81. The van der Waals surface area contributed by atoms with E-state index in [0.29, 0.717) is 23.1 Å². The first kappa shape index (κ1) is 11.4. The zero-order valence-electron chi connectivity index (χ0n) is 9.79. The molecule has 5 N–H and O–H groups in total.